The molecule has 0 heterocycles. The number of aliphatic hydroxyl groups is 1. The van der Waals surface area contributed by atoms with Gasteiger partial charge in [-0.15, -0.1) is 0 Å². The molecule has 0 aliphatic heterocycles. The first-order valence-electron chi connectivity index (χ1n) is 6.11. The van der Waals surface area contributed by atoms with E-state index in [2.05, 4.69) is 0 Å². The van der Waals surface area contributed by atoms with Crippen LogP contribution in [0.2, 0.25) is 5.02 Å². The Morgan fingerprint density at radius 1 is 1.05 bits per heavy atom. The summed E-state index contributed by atoms with van der Waals surface area (Å²) in [4.78, 5) is 0. The van der Waals surface area contributed by atoms with Crippen LogP contribution in [0.5, 0.6) is 0 Å². The van der Waals surface area contributed by atoms with Crippen LogP contribution < -0.4 is 0 Å². The van der Waals surface area contributed by atoms with Gasteiger partial charge in [0, 0.05) is 0 Å². The summed E-state index contributed by atoms with van der Waals surface area (Å²) in [7, 11) is 0. The third-order valence-corrected chi connectivity index (χ3v) is 3.56. The minimum absolute atomic E-state index is 0.0268. The molecule has 0 spiro atoms. The van der Waals surface area contributed by atoms with Crippen LogP contribution >= 0.6 is 11.6 Å². The molecule has 1 nitrogen and oxygen atoms in total. The molecule has 0 saturated carbocycles. The third kappa shape index (κ3) is 2.80. The van der Waals surface area contributed by atoms with Crippen LogP contribution in [0.4, 0.5) is 4.39 Å². The molecule has 0 fully saturated rings. The van der Waals surface area contributed by atoms with E-state index in [9.17, 15) is 9.50 Å². The van der Waals surface area contributed by atoms with Crippen LogP contribution in [0, 0.1) is 26.6 Å². The van der Waals surface area contributed by atoms with Crippen LogP contribution in [0.1, 0.15) is 33.9 Å². The summed E-state index contributed by atoms with van der Waals surface area (Å²) in [6, 6.07) is 8.36. The molecule has 0 amide bonds. The van der Waals surface area contributed by atoms with Crippen molar-refractivity contribution in [2.24, 2.45) is 0 Å². The Bertz CT molecular complexity index is 599. The summed E-state index contributed by atoms with van der Waals surface area (Å²) >= 11 is 5.76. The van der Waals surface area contributed by atoms with Crippen LogP contribution in [-0.2, 0) is 0 Å². The molecule has 1 N–H and O–H groups in total. The summed E-state index contributed by atoms with van der Waals surface area (Å²) in [6.45, 7) is 5.94. The maximum Gasteiger partial charge on any atom is 0.141 e. The molecule has 2 aromatic rings. The first-order valence-corrected chi connectivity index (χ1v) is 6.48. The Balaban J connectivity index is 2.49. The fraction of sp³-hybridized carbons (Fsp3) is 0.250. The number of aryl methyl sites for hydroxylation is 3. The van der Waals surface area contributed by atoms with Gasteiger partial charge in [0.1, 0.15) is 11.9 Å². The molecule has 0 aliphatic rings. The molecule has 2 rings (SSSR count). The van der Waals surface area contributed by atoms with E-state index < -0.39 is 11.9 Å². The largest absolute Gasteiger partial charge is 0.384 e. The first kappa shape index (κ1) is 14.0. The lowest BCUT2D eigenvalue weighted by Crippen LogP contribution is -2.05. The lowest BCUT2D eigenvalue weighted by molar-refractivity contribution is 0.218. The number of hydrogen-bond acceptors (Lipinski definition) is 1. The minimum atomic E-state index is -0.793. The Morgan fingerprint density at radius 2 is 1.63 bits per heavy atom. The van der Waals surface area contributed by atoms with Gasteiger partial charge in [0.05, 0.1) is 5.02 Å². The van der Waals surface area contributed by atoms with Gasteiger partial charge >= 0.3 is 0 Å². The van der Waals surface area contributed by atoms with Crippen LogP contribution in [-0.4, -0.2) is 5.11 Å². The highest BCUT2D eigenvalue weighted by atomic mass is 35.5. The molecular weight excluding hydrogens is 263 g/mol. The highest BCUT2D eigenvalue weighted by Crippen LogP contribution is 2.30. The lowest BCUT2D eigenvalue weighted by atomic mass is 9.92. The maximum atomic E-state index is 13.2. The second-order valence-corrected chi connectivity index (χ2v) is 5.30. The zero-order valence-corrected chi connectivity index (χ0v) is 11.9. The zero-order valence-electron chi connectivity index (χ0n) is 11.2. The average molecular weight is 279 g/mol. The number of benzene rings is 2. The molecule has 1 unspecified atom stereocenters. The van der Waals surface area contributed by atoms with Gasteiger partial charge in [0.25, 0.3) is 0 Å². The molecule has 3 heteroatoms. The average Bonchev–Trinajstić information content (AvgIpc) is 2.31. The summed E-state index contributed by atoms with van der Waals surface area (Å²) in [5.74, 6) is -0.477. The zero-order chi connectivity index (χ0) is 14.2. The molecule has 0 aromatic heterocycles. The molecule has 0 radical (unpaired) electrons. The van der Waals surface area contributed by atoms with Crippen molar-refractivity contribution in [3.63, 3.8) is 0 Å². The molecular formula is C16H16ClFO. The Labute approximate surface area is 117 Å². The predicted molar refractivity (Wildman–Crippen MR) is 76.1 cm³/mol. The van der Waals surface area contributed by atoms with E-state index in [-0.39, 0.29) is 5.02 Å². The van der Waals surface area contributed by atoms with Gasteiger partial charge in [-0.05, 0) is 55.2 Å². The van der Waals surface area contributed by atoms with E-state index in [0.29, 0.717) is 5.56 Å². The predicted octanol–water partition coefficient (Wildman–Crippen LogP) is 4.49. The third-order valence-electron chi connectivity index (χ3n) is 3.27. The lowest BCUT2D eigenvalue weighted by Gasteiger charge is -2.18. The molecule has 19 heavy (non-hydrogen) atoms. The number of halogens is 2. The Kier molecular flexibility index (Phi) is 3.93. The highest BCUT2D eigenvalue weighted by molar-refractivity contribution is 6.30. The molecule has 0 saturated heterocycles. The molecule has 0 bridgehead atoms. The highest BCUT2D eigenvalue weighted by Gasteiger charge is 2.17. The summed E-state index contributed by atoms with van der Waals surface area (Å²) in [6.07, 6.45) is -0.793. The Hall–Kier alpha value is -1.38. The van der Waals surface area contributed by atoms with E-state index in [0.717, 1.165) is 22.3 Å². The van der Waals surface area contributed by atoms with Crippen LogP contribution in [0.3, 0.4) is 0 Å². The first-order chi connectivity index (χ1) is 8.90. The van der Waals surface area contributed by atoms with E-state index in [1.54, 1.807) is 6.07 Å². The second-order valence-electron chi connectivity index (χ2n) is 4.89. The van der Waals surface area contributed by atoms with Crippen molar-refractivity contribution in [3.05, 3.63) is 69.0 Å². The number of rotatable bonds is 2. The van der Waals surface area contributed by atoms with Crippen molar-refractivity contribution in [1.29, 1.82) is 0 Å². The van der Waals surface area contributed by atoms with E-state index in [4.69, 9.17) is 11.6 Å². The van der Waals surface area contributed by atoms with Crippen molar-refractivity contribution in [3.8, 4) is 0 Å². The fourth-order valence-electron chi connectivity index (χ4n) is 2.47. The van der Waals surface area contributed by atoms with E-state index in [1.807, 2.05) is 32.9 Å². The second kappa shape index (κ2) is 5.32. The van der Waals surface area contributed by atoms with Gasteiger partial charge in [-0.1, -0.05) is 35.4 Å². The van der Waals surface area contributed by atoms with Crippen molar-refractivity contribution >= 4 is 11.6 Å². The van der Waals surface area contributed by atoms with Gasteiger partial charge in [-0.2, -0.15) is 0 Å². The summed E-state index contributed by atoms with van der Waals surface area (Å²) < 4.78 is 13.2. The molecule has 100 valence electrons. The summed E-state index contributed by atoms with van der Waals surface area (Å²) in [5.41, 5.74) is 4.65. The Morgan fingerprint density at radius 3 is 2.16 bits per heavy atom. The van der Waals surface area contributed by atoms with Gasteiger partial charge in [-0.3, -0.25) is 0 Å². The SMILES string of the molecule is Cc1cc(C)c(C(O)c2ccc(F)c(Cl)c2)c(C)c1. The van der Waals surface area contributed by atoms with Crippen molar-refractivity contribution < 1.29 is 9.50 Å². The van der Waals surface area contributed by atoms with Gasteiger partial charge < -0.3 is 5.11 Å². The topological polar surface area (TPSA) is 20.2 Å². The molecule has 0 aliphatic carbocycles. The minimum Gasteiger partial charge on any atom is -0.384 e. The van der Waals surface area contributed by atoms with E-state index in [1.165, 1.54) is 12.1 Å². The standard InChI is InChI=1S/C16H16ClFO/c1-9-6-10(2)15(11(3)7-9)16(19)12-4-5-14(18)13(17)8-12/h4-8,16,19H,1-3H3. The maximum absolute atomic E-state index is 13.2. The smallest absolute Gasteiger partial charge is 0.141 e. The van der Waals surface area contributed by atoms with Crippen LogP contribution in [0.15, 0.2) is 30.3 Å². The number of hydrogen-bond donors (Lipinski definition) is 1. The molecule has 2 aromatic carbocycles. The van der Waals surface area contributed by atoms with Gasteiger partial charge in [-0.25, -0.2) is 4.39 Å². The van der Waals surface area contributed by atoms with E-state index >= 15 is 0 Å². The number of aliphatic hydroxyl groups excluding tert-OH is 1. The normalized spacial score (nSPS) is 12.5. The van der Waals surface area contributed by atoms with Gasteiger partial charge in [0.15, 0.2) is 0 Å². The van der Waals surface area contributed by atoms with Crippen LogP contribution in [0.25, 0.3) is 0 Å². The fourth-order valence-corrected chi connectivity index (χ4v) is 2.66. The quantitative estimate of drug-likeness (QED) is 0.858. The van der Waals surface area contributed by atoms with Crippen molar-refractivity contribution in [1.82, 2.24) is 0 Å². The van der Waals surface area contributed by atoms with Crippen molar-refractivity contribution in [2.45, 2.75) is 26.9 Å². The van der Waals surface area contributed by atoms with Crippen molar-refractivity contribution in [2.75, 3.05) is 0 Å². The monoisotopic (exact) mass is 278 g/mol. The molecule has 1 atom stereocenters. The van der Waals surface area contributed by atoms with Gasteiger partial charge in [0.2, 0.25) is 0 Å². The summed E-state index contributed by atoms with van der Waals surface area (Å²) in [5, 5.41) is 10.5.